The van der Waals surface area contributed by atoms with Crippen LogP contribution in [0.25, 0.3) is 0 Å². The highest BCUT2D eigenvalue weighted by atomic mass is 32.1. The van der Waals surface area contributed by atoms with E-state index in [1.165, 1.54) is 47.7 Å². The fourth-order valence-corrected chi connectivity index (χ4v) is 4.19. The Morgan fingerprint density at radius 2 is 1.94 bits per heavy atom. The van der Waals surface area contributed by atoms with Crippen LogP contribution in [0.3, 0.4) is 0 Å². The summed E-state index contributed by atoms with van der Waals surface area (Å²) in [6.07, 6.45) is 8.02. The SMILES string of the molecule is CNC(Cc1nc(C)c(C)s1)C1(C)CCCCC1. The first-order valence-electron chi connectivity index (χ1n) is 7.15. The monoisotopic (exact) mass is 266 g/mol. The zero-order chi connectivity index (χ0) is 13.2. The summed E-state index contributed by atoms with van der Waals surface area (Å²) in [6, 6.07) is 0.572. The van der Waals surface area contributed by atoms with Gasteiger partial charge in [-0.1, -0.05) is 26.2 Å². The maximum absolute atomic E-state index is 4.70. The molecule has 2 nitrogen and oxygen atoms in total. The molecule has 1 aliphatic carbocycles. The van der Waals surface area contributed by atoms with Gasteiger partial charge in [0, 0.05) is 17.3 Å². The first kappa shape index (κ1) is 14.0. The molecule has 102 valence electrons. The highest BCUT2D eigenvalue weighted by molar-refractivity contribution is 7.11. The van der Waals surface area contributed by atoms with Gasteiger partial charge >= 0.3 is 0 Å². The third-order valence-electron chi connectivity index (χ3n) is 4.64. The minimum absolute atomic E-state index is 0.459. The molecule has 0 amide bonds. The van der Waals surface area contributed by atoms with Crippen LogP contribution in [0.15, 0.2) is 0 Å². The number of likely N-dealkylation sites (N-methyl/N-ethyl adjacent to an activating group) is 1. The second kappa shape index (κ2) is 5.70. The molecule has 1 aromatic rings. The van der Waals surface area contributed by atoms with Crippen LogP contribution in [0.2, 0.25) is 0 Å². The van der Waals surface area contributed by atoms with Crippen LogP contribution in [-0.2, 0) is 6.42 Å². The van der Waals surface area contributed by atoms with Crippen molar-refractivity contribution in [3.05, 3.63) is 15.6 Å². The molecule has 1 atom stereocenters. The number of hydrogen-bond acceptors (Lipinski definition) is 3. The molecule has 0 radical (unpaired) electrons. The predicted octanol–water partition coefficient (Wildman–Crippen LogP) is 3.86. The van der Waals surface area contributed by atoms with Gasteiger partial charge in [0.15, 0.2) is 0 Å². The molecule has 0 aliphatic heterocycles. The van der Waals surface area contributed by atoms with Gasteiger partial charge in [-0.25, -0.2) is 4.98 Å². The van der Waals surface area contributed by atoms with Gasteiger partial charge in [-0.3, -0.25) is 0 Å². The van der Waals surface area contributed by atoms with Gasteiger partial charge in [-0.15, -0.1) is 11.3 Å². The quantitative estimate of drug-likeness (QED) is 0.895. The molecule has 1 aromatic heterocycles. The van der Waals surface area contributed by atoms with Gasteiger partial charge in [-0.2, -0.15) is 0 Å². The minimum Gasteiger partial charge on any atom is -0.316 e. The van der Waals surface area contributed by atoms with Crippen LogP contribution >= 0.6 is 11.3 Å². The van der Waals surface area contributed by atoms with Crippen molar-refractivity contribution in [3.63, 3.8) is 0 Å². The van der Waals surface area contributed by atoms with Crippen molar-refractivity contribution in [2.45, 2.75) is 65.3 Å². The number of hydrogen-bond donors (Lipinski definition) is 1. The lowest BCUT2D eigenvalue weighted by Crippen LogP contribution is -2.44. The van der Waals surface area contributed by atoms with E-state index < -0.39 is 0 Å². The second-order valence-corrected chi connectivity index (χ2v) is 7.30. The van der Waals surface area contributed by atoms with Gasteiger partial charge in [0.2, 0.25) is 0 Å². The van der Waals surface area contributed by atoms with Crippen LogP contribution < -0.4 is 5.32 Å². The molecule has 1 aliphatic rings. The Labute approximate surface area is 115 Å². The van der Waals surface area contributed by atoms with Crippen LogP contribution in [0.4, 0.5) is 0 Å². The molecule has 0 aromatic carbocycles. The minimum atomic E-state index is 0.459. The molecule has 3 heteroatoms. The van der Waals surface area contributed by atoms with E-state index >= 15 is 0 Å². The summed E-state index contributed by atoms with van der Waals surface area (Å²) in [5.74, 6) is 0. The number of nitrogens with one attached hydrogen (secondary N) is 1. The Kier molecular flexibility index (Phi) is 4.44. The maximum atomic E-state index is 4.70. The lowest BCUT2D eigenvalue weighted by atomic mass is 9.70. The molecule has 0 saturated heterocycles. The van der Waals surface area contributed by atoms with E-state index in [0.717, 1.165) is 6.42 Å². The average molecular weight is 266 g/mol. The Bertz CT molecular complexity index is 372. The van der Waals surface area contributed by atoms with Gasteiger partial charge in [0.25, 0.3) is 0 Å². The summed E-state index contributed by atoms with van der Waals surface area (Å²) >= 11 is 1.87. The molecule has 1 saturated carbocycles. The van der Waals surface area contributed by atoms with E-state index in [9.17, 15) is 0 Å². The van der Waals surface area contributed by atoms with Crippen LogP contribution in [0.1, 0.15) is 54.6 Å². The third-order valence-corrected chi connectivity index (χ3v) is 5.73. The van der Waals surface area contributed by atoms with E-state index in [4.69, 9.17) is 4.98 Å². The Morgan fingerprint density at radius 1 is 1.28 bits per heavy atom. The number of nitrogens with zero attached hydrogens (tertiary/aromatic N) is 1. The van der Waals surface area contributed by atoms with E-state index in [0.29, 0.717) is 11.5 Å². The molecule has 0 bridgehead atoms. The lowest BCUT2D eigenvalue weighted by molar-refractivity contribution is 0.149. The summed E-state index contributed by atoms with van der Waals surface area (Å²) in [4.78, 5) is 6.07. The summed E-state index contributed by atoms with van der Waals surface area (Å²) in [7, 11) is 2.11. The number of thiazole rings is 1. The van der Waals surface area contributed by atoms with E-state index in [-0.39, 0.29) is 0 Å². The van der Waals surface area contributed by atoms with Crippen LogP contribution in [0.5, 0.6) is 0 Å². The molecule has 1 fully saturated rings. The van der Waals surface area contributed by atoms with Crippen molar-refractivity contribution < 1.29 is 0 Å². The fourth-order valence-electron chi connectivity index (χ4n) is 3.21. The first-order valence-corrected chi connectivity index (χ1v) is 7.97. The van der Waals surface area contributed by atoms with Crippen LogP contribution in [-0.4, -0.2) is 18.1 Å². The van der Waals surface area contributed by atoms with Crippen molar-refractivity contribution in [2.75, 3.05) is 7.05 Å². The Morgan fingerprint density at radius 3 is 2.44 bits per heavy atom. The van der Waals surface area contributed by atoms with Gasteiger partial charge in [0.1, 0.15) is 0 Å². The Balaban J connectivity index is 2.08. The standard InChI is InChI=1S/C15H26N2S/c1-11-12(2)18-14(17-11)10-13(16-4)15(3)8-6-5-7-9-15/h13,16H,5-10H2,1-4H3. The maximum Gasteiger partial charge on any atom is 0.0946 e. The summed E-state index contributed by atoms with van der Waals surface area (Å²) in [5.41, 5.74) is 1.67. The van der Waals surface area contributed by atoms with Gasteiger partial charge in [-0.05, 0) is 39.2 Å². The first-order chi connectivity index (χ1) is 8.55. The van der Waals surface area contributed by atoms with Crippen LogP contribution in [0, 0.1) is 19.3 Å². The van der Waals surface area contributed by atoms with Crippen molar-refractivity contribution in [2.24, 2.45) is 5.41 Å². The highest BCUT2D eigenvalue weighted by Crippen LogP contribution is 2.40. The number of aryl methyl sites for hydroxylation is 2. The summed E-state index contributed by atoms with van der Waals surface area (Å²) < 4.78 is 0. The van der Waals surface area contributed by atoms with Crippen molar-refractivity contribution in [1.29, 1.82) is 0 Å². The zero-order valence-electron chi connectivity index (χ0n) is 12.2. The fraction of sp³-hybridized carbons (Fsp3) is 0.800. The van der Waals surface area contributed by atoms with Gasteiger partial charge in [0.05, 0.1) is 10.7 Å². The van der Waals surface area contributed by atoms with E-state index in [1.807, 2.05) is 11.3 Å². The van der Waals surface area contributed by atoms with E-state index in [1.54, 1.807) is 0 Å². The molecule has 2 rings (SSSR count). The summed E-state index contributed by atoms with van der Waals surface area (Å²) in [5, 5.41) is 4.86. The molecular formula is C15H26N2S. The highest BCUT2D eigenvalue weighted by Gasteiger charge is 2.35. The molecule has 1 heterocycles. The third kappa shape index (κ3) is 2.94. The molecule has 18 heavy (non-hydrogen) atoms. The normalized spacial score (nSPS) is 20.9. The topological polar surface area (TPSA) is 24.9 Å². The molecule has 1 unspecified atom stereocenters. The summed E-state index contributed by atoms with van der Waals surface area (Å²) in [6.45, 7) is 6.75. The number of aromatic nitrogens is 1. The molecule has 1 N–H and O–H groups in total. The van der Waals surface area contributed by atoms with Crippen molar-refractivity contribution in [1.82, 2.24) is 10.3 Å². The predicted molar refractivity (Wildman–Crippen MR) is 79.3 cm³/mol. The zero-order valence-corrected chi connectivity index (χ0v) is 13.0. The molecule has 0 spiro atoms. The lowest BCUT2D eigenvalue weighted by Gasteiger charge is -2.40. The van der Waals surface area contributed by atoms with Crippen molar-refractivity contribution >= 4 is 11.3 Å². The second-order valence-electron chi connectivity index (χ2n) is 6.01. The largest absolute Gasteiger partial charge is 0.316 e. The molecular weight excluding hydrogens is 240 g/mol. The number of rotatable bonds is 4. The smallest absolute Gasteiger partial charge is 0.0946 e. The Hall–Kier alpha value is -0.410. The van der Waals surface area contributed by atoms with Crippen molar-refractivity contribution in [3.8, 4) is 0 Å². The van der Waals surface area contributed by atoms with E-state index in [2.05, 4.69) is 33.1 Å². The average Bonchev–Trinajstić information content (AvgIpc) is 2.66. The van der Waals surface area contributed by atoms with Gasteiger partial charge < -0.3 is 5.32 Å².